The van der Waals surface area contributed by atoms with Gasteiger partial charge in [-0.3, -0.25) is 4.90 Å². The van der Waals surface area contributed by atoms with E-state index in [2.05, 4.69) is 57.1 Å². The molecular formula is C22H21ClN4. The minimum absolute atomic E-state index is 0.721. The molecule has 136 valence electrons. The average Bonchev–Trinajstić information content (AvgIpc) is 3.19. The van der Waals surface area contributed by atoms with Crippen molar-refractivity contribution in [3.05, 3.63) is 77.6 Å². The molecule has 0 radical (unpaired) electrons. The topological polar surface area (TPSA) is 24.3 Å². The van der Waals surface area contributed by atoms with Gasteiger partial charge in [-0.2, -0.15) is 5.10 Å². The molecule has 1 saturated heterocycles. The van der Waals surface area contributed by atoms with E-state index >= 15 is 0 Å². The van der Waals surface area contributed by atoms with Crippen LogP contribution in [0.2, 0.25) is 5.02 Å². The van der Waals surface area contributed by atoms with Gasteiger partial charge in [-0.1, -0.05) is 41.6 Å². The molecule has 4 nitrogen and oxygen atoms in total. The summed E-state index contributed by atoms with van der Waals surface area (Å²) in [6.45, 7) is 4.94. The molecule has 1 aliphatic heterocycles. The zero-order chi connectivity index (χ0) is 18.5. The Hall–Kier alpha value is -2.74. The molecule has 5 heteroatoms. The first-order valence-corrected chi connectivity index (χ1v) is 9.47. The SMILES string of the molecule is Clc1ccc(-n2cc(C#CCN3CCN(c4ccccc4)CC3)cn2)cc1. The van der Waals surface area contributed by atoms with Gasteiger partial charge < -0.3 is 4.90 Å². The zero-order valence-corrected chi connectivity index (χ0v) is 15.8. The lowest BCUT2D eigenvalue weighted by Gasteiger charge is -2.35. The predicted octanol–water partition coefficient (Wildman–Crippen LogP) is 3.70. The van der Waals surface area contributed by atoms with E-state index in [1.54, 1.807) is 6.20 Å². The summed E-state index contributed by atoms with van der Waals surface area (Å²) in [4.78, 5) is 4.83. The number of anilines is 1. The van der Waals surface area contributed by atoms with Crippen LogP contribution < -0.4 is 4.90 Å². The maximum absolute atomic E-state index is 5.93. The van der Waals surface area contributed by atoms with Crippen molar-refractivity contribution < 1.29 is 0 Å². The fourth-order valence-electron chi connectivity index (χ4n) is 3.18. The fourth-order valence-corrected chi connectivity index (χ4v) is 3.30. The lowest BCUT2D eigenvalue weighted by Crippen LogP contribution is -2.46. The zero-order valence-electron chi connectivity index (χ0n) is 15.1. The third kappa shape index (κ3) is 4.51. The summed E-state index contributed by atoms with van der Waals surface area (Å²) >= 11 is 5.93. The Morgan fingerprint density at radius 2 is 1.63 bits per heavy atom. The van der Waals surface area contributed by atoms with E-state index in [-0.39, 0.29) is 0 Å². The Morgan fingerprint density at radius 1 is 0.889 bits per heavy atom. The minimum Gasteiger partial charge on any atom is -0.369 e. The summed E-state index contributed by atoms with van der Waals surface area (Å²) in [6.07, 6.45) is 3.75. The van der Waals surface area contributed by atoms with E-state index in [1.165, 1.54) is 5.69 Å². The Balaban J connectivity index is 1.30. The molecule has 1 fully saturated rings. The van der Waals surface area contributed by atoms with E-state index in [9.17, 15) is 0 Å². The maximum Gasteiger partial charge on any atom is 0.0651 e. The molecule has 0 saturated carbocycles. The Bertz CT molecular complexity index is 930. The Kier molecular flexibility index (Phi) is 5.43. The van der Waals surface area contributed by atoms with Gasteiger partial charge in [-0.05, 0) is 36.4 Å². The molecule has 0 aliphatic carbocycles. The molecule has 1 aromatic heterocycles. The predicted molar refractivity (Wildman–Crippen MR) is 111 cm³/mol. The van der Waals surface area contributed by atoms with Crippen molar-refractivity contribution in [1.82, 2.24) is 14.7 Å². The van der Waals surface area contributed by atoms with Crippen LogP contribution in [0.4, 0.5) is 5.69 Å². The van der Waals surface area contributed by atoms with E-state index in [0.717, 1.165) is 49.0 Å². The Labute approximate surface area is 165 Å². The van der Waals surface area contributed by atoms with Crippen LogP contribution in [-0.2, 0) is 0 Å². The summed E-state index contributed by atoms with van der Waals surface area (Å²) in [6, 6.07) is 18.2. The van der Waals surface area contributed by atoms with Crippen molar-refractivity contribution >= 4 is 17.3 Å². The molecule has 3 aromatic rings. The van der Waals surface area contributed by atoms with Gasteiger partial charge in [0.15, 0.2) is 0 Å². The number of rotatable bonds is 3. The van der Waals surface area contributed by atoms with Crippen LogP contribution in [0.5, 0.6) is 0 Å². The highest BCUT2D eigenvalue weighted by molar-refractivity contribution is 6.30. The standard InChI is InChI=1S/C22H21ClN4/c23-20-8-10-22(11-9-20)27-18-19(17-24-27)5-4-12-25-13-15-26(16-14-25)21-6-2-1-3-7-21/h1-3,6-11,17-18H,12-16H2. The number of aromatic nitrogens is 2. The molecule has 0 N–H and O–H groups in total. The van der Waals surface area contributed by atoms with Crippen LogP contribution in [0.25, 0.3) is 5.69 Å². The Morgan fingerprint density at radius 3 is 2.37 bits per heavy atom. The smallest absolute Gasteiger partial charge is 0.0651 e. The van der Waals surface area contributed by atoms with E-state index in [1.807, 2.05) is 35.1 Å². The third-order valence-corrected chi connectivity index (χ3v) is 4.95. The molecule has 4 rings (SSSR count). The van der Waals surface area contributed by atoms with Crippen molar-refractivity contribution in [2.24, 2.45) is 0 Å². The number of benzene rings is 2. The van der Waals surface area contributed by atoms with Crippen LogP contribution in [0.3, 0.4) is 0 Å². The van der Waals surface area contributed by atoms with Crippen molar-refractivity contribution in [2.45, 2.75) is 0 Å². The first kappa shape index (κ1) is 17.7. The van der Waals surface area contributed by atoms with Crippen molar-refractivity contribution in [2.75, 3.05) is 37.6 Å². The normalized spacial score (nSPS) is 14.6. The van der Waals surface area contributed by atoms with E-state index in [0.29, 0.717) is 0 Å². The van der Waals surface area contributed by atoms with Gasteiger partial charge in [0.1, 0.15) is 0 Å². The monoisotopic (exact) mass is 376 g/mol. The highest BCUT2D eigenvalue weighted by Crippen LogP contribution is 2.15. The van der Waals surface area contributed by atoms with Gasteiger partial charge >= 0.3 is 0 Å². The van der Waals surface area contributed by atoms with Gasteiger partial charge in [0.2, 0.25) is 0 Å². The van der Waals surface area contributed by atoms with Gasteiger partial charge in [-0.25, -0.2) is 4.68 Å². The first-order valence-electron chi connectivity index (χ1n) is 9.10. The summed E-state index contributed by atoms with van der Waals surface area (Å²) in [5.41, 5.74) is 3.20. The summed E-state index contributed by atoms with van der Waals surface area (Å²) in [7, 11) is 0. The van der Waals surface area contributed by atoms with E-state index in [4.69, 9.17) is 11.6 Å². The second-order valence-corrected chi connectivity index (χ2v) is 6.99. The molecule has 0 atom stereocenters. The summed E-state index contributed by atoms with van der Waals surface area (Å²) < 4.78 is 1.82. The van der Waals surface area contributed by atoms with Crippen molar-refractivity contribution in [3.8, 4) is 17.5 Å². The van der Waals surface area contributed by atoms with Gasteiger partial charge in [0.05, 0.1) is 24.0 Å². The summed E-state index contributed by atoms with van der Waals surface area (Å²) in [5.74, 6) is 6.50. The van der Waals surface area contributed by atoms with Crippen molar-refractivity contribution in [3.63, 3.8) is 0 Å². The molecule has 0 unspecified atom stereocenters. The second-order valence-electron chi connectivity index (χ2n) is 6.55. The van der Waals surface area contributed by atoms with Gasteiger partial charge in [0.25, 0.3) is 0 Å². The molecule has 0 spiro atoms. The highest BCUT2D eigenvalue weighted by Gasteiger charge is 2.15. The number of halogens is 1. The van der Waals surface area contributed by atoms with Crippen LogP contribution in [0.15, 0.2) is 67.0 Å². The molecule has 0 bridgehead atoms. The first-order chi connectivity index (χ1) is 13.3. The number of hydrogen-bond acceptors (Lipinski definition) is 3. The van der Waals surface area contributed by atoms with Crippen molar-refractivity contribution in [1.29, 1.82) is 0 Å². The fraction of sp³-hybridized carbons (Fsp3) is 0.227. The van der Waals surface area contributed by atoms with Crippen LogP contribution >= 0.6 is 11.6 Å². The van der Waals surface area contributed by atoms with Crippen LogP contribution in [-0.4, -0.2) is 47.4 Å². The van der Waals surface area contributed by atoms with E-state index < -0.39 is 0 Å². The highest BCUT2D eigenvalue weighted by atomic mass is 35.5. The van der Waals surface area contributed by atoms with Crippen LogP contribution in [0, 0.1) is 11.8 Å². The molecule has 27 heavy (non-hydrogen) atoms. The van der Waals surface area contributed by atoms with Crippen LogP contribution in [0.1, 0.15) is 5.56 Å². The lowest BCUT2D eigenvalue weighted by molar-refractivity contribution is 0.288. The quantitative estimate of drug-likeness (QED) is 0.651. The minimum atomic E-state index is 0.721. The molecule has 1 aliphatic rings. The van der Waals surface area contributed by atoms with Gasteiger partial charge in [0, 0.05) is 43.1 Å². The lowest BCUT2D eigenvalue weighted by atomic mass is 10.2. The number of para-hydroxylation sites is 1. The molecule has 0 amide bonds. The second kappa shape index (κ2) is 8.30. The molecule has 2 aromatic carbocycles. The molecular weight excluding hydrogens is 356 g/mol. The average molecular weight is 377 g/mol. The maximum atomic E-state index is 5.93. The number of nitrogens with zero attached hydrogens (tertiary/aromatic N) is 4. The molecule has 2 heterocycles. The largest absolute Gasteiger partial charge is 0.369 e. The number of hydrogen-bond donors (Lipinski definition) is 0. The summed E-state index contributed by atoms with van der Waals surface area (Å²) in [5, 5.41) is 5.10. The van der Waals surface area contributed by atoms with Gasteiger partial charge in [-0.15, -0.1) is 0 Å². The third-order valence-electron chi connectivity index (χ3n) is 4.70. The number of piperazine rings is 1.